The first-order valence-corrected chi connectivity index (χ1v) is 4.66. The summed E-state index contributed by atoms with van der Waals surface area (Å²) in [6.45, 7) is 11.0. The lowest BCUT2D eigenvalue weighted by molar-refractivity contribution is 0.0836. The zero-order valence-electron chi connectivity index (χ0n) is 8.20. The van der Waals surface area contributed by atoms with E-state index in [9.17, 15) is 0 Å². The van der Waals surface area contributed by atoms with Gasteiger partial charge in [-0.15, -0.1) is 0 Å². The smallest absolute Gasteiger partial charge is 0.0323 e. The largest absolute Gasteiger partial charge is 0.0683 e. The first-order valence-electron chi connectivity index (χ1n) is 4.66. The summed E-state index contributed by atoms with van der Waals surface area (Å²) in [6.07, 6.45) is 4.30. The Labute approximate surface area is 66.0 Å². The molecular formula is C10H22. The highest BCUT2D eigenvalue weighted by Gasteiger charge is 2.35. The summed E-state index contributed by atoms with van der Waals surface area (Å²) >= 11 is 0. The Morgan fingerprint density at radius 1 is 1.30 bits per heavy atom. The average molecular weight is 142 g/mol. The Morgan fingerprint density at radius 2 is 1.70 bits per heavy atom. The van der Waals surface area contributed by atoms with Gasteiger partial charge in [0.2, 0.25) is 0 Å². The molecule has 0 heteroatoms. The van der Waals surface area contributed by atoms with E-state index in [2.05, 4.69) is 20.8 Å². The average Bonchev–Trinajstić information content (AvgIpc) is 1.90. The Morgan fingerprint density at radius 3 is 1.80 bits per heavy atom. The molecule has 1 fully saturated rings. The van der Waals surface area contributed by atoms with Crippen molar-refractivity contribution in [2.24, 2.45) is 11.3 Å². The van der Waals surface area contributed by atoms with E-state index in [0.29, 0.717) is 0 Å². The highest BCUT2D eigenvalue weighted by atomic mass is 14.4. The second-order valence-corrected chi connectivity index (χ2v) is 3.68. The molecule has 0 amide bonds. The normalized spacial score (nSPS) is 37.5. The van der Waals surface area contributed by atoms with Gasteiger partial charge in [0.15, 0.2) is 0 Å². The van der Waals surface area contributed by atoms with Crippen LogP contribution in [0.1, 0.15) is 53.9 Å². The van der Waals surface area contributed by atoms with Gasteiger partial charge in [-0.05, 0) is 24.2 Å². The minimum Gasteiger partial charge on any atom is -0.0683 e. The van der Waals surface area contributed by atoms with Crippen molar-refractivity contribution in [3.8, 4) is 0 Å². The Bertz CT molecular complexity index is 78.0. The van der Waals surface area contributed by atoms with Gasteiger partial charge < -0.3 is 0 Å². The molecule has 0 aromatic rings. The van der Waals surface area contributed by atoms with Crippen molar-refractivity contribution in [1.82, 2.24) is 0 Å². The SMILES string of the molecule is CC.CCC1(C)CC(C)C1. The number of hydrogen-bond donors (Lipinski definition) is 0. The van der Waals surface area contributed by atoms with Gasteiger partial charge in [-0.2, -0.15) is 0 Å². The van der Waals surface area contributed by atoms with Gasteiger partial charge in [-0.3, -0.25) is 0 Å². The van der Waals surface area contributed by atoms with Crippen molar-refractivity contribution in [3.63, 3.8) is 0 Å². The van der Waals surface area contributed by atoms with Crippen LogP contribution in [0.15, 0.2) is 0 Å². The van der Waals surface area contributed by atoms with E-state index in [0.717, 1.165) is 11.3 Å². The van der Waals surface area contributed by atoms with Crippen molar-refractivity contribution in [2.45, 2.75) is 53.9 Å². The maximum Gasteiger partial charge on any atom is -0.0323 e. The summed E-state index contributed by atoms with van der Waals surface area (Å²) in [5, 5.41) is 0. The van der Waals surface area contributed by atoms with Crippen molar-refractivity contribution >= 4 is 0 Å². The van der Waals surface area contributed by atoms with Gasteiger partial charge >= 0.3 is 0 Å². The van der Waals surface area contributed by atoms with E-state index in [4.69, 9.17) is 0 Å². The Hall–Kier alpha value is 0. The van der Waals surface area contributed by atoms with Crippen LogP contribution in [0.4, 0.5) is 0 Å². The molecular weight excluding hydrogens is 120 g/mol. The summed E-state index contributed by atoms with van der Waals surface area (Å²) in [7, 11) is 0. The second kappa shape index (κ2) is 4.00. The van der Waals surface area contributed by atoms with E-state index in [1.165, 1.54) is 19.3 Å². The van der Waals surface area contributed by atoms with Crippen molar-refractivity contribution in [3.05, 3.63) is 0 Å². The monoisotopic (exact) mass is 142 g/mol. The minimum absolute atomic E-state index is 0.736. The Kier molecular flexibility index (Phi) is 4.00. The molecule has 0 aromatic heterocycles. The van der Waals surface area contributed by atoms with Crippen LogP contribution in [-0.2, 0) is 0 Å². The molecule has 0 N–H and O–H groups in total. The molecule has 0 aromatic carbocycles. The zero-order valence-corrected chi connectivity index (χ0v) is 8.20. The van der Waals surface area contributed by atoms with Gasteiger partial charge in [0.25, 0.3) is 0 Å². The van der Waals surface area contributed by atoms with E-state index in [-0.39, 0.29) is 0 Å². The summed E-state index contributed by atoms with van der Waals surface area (Å²) in [5.74, 6) is 1.01. The molecule has 62 valence electrons. The van der Waals surface area contributed by atoms with Crippen LogP contribution in [-0.4, -0.2) is 0 Å². The van der Waals surface area contributed by atoms with E-state index in [1.807, 2.05) is 13.8 Å². The lowest BCUT2D eigenvalue weighted by Crippen LogP contribution is -2.31. The molecule has 0 spiro atoms. The van der Waals surface area contributed by atoms with Gasteiger partial charge in [0, 0.05) is 0 Å². The molecule has 0 atom stereocenters. The third-order valence-corrected chi connectivity index (χ3v) is 2.54. The molecule has 0 heterocycles. The van der Waals surface area contributed by atoms with Crippen molar-refractivity contribution < 1.29 is 0 Å². The van der Waals surface area contributed by atoms with Crippen LogP contribution in [0.3, 0.4) is 0 Å². The highest BCUT2D eigenvalue weighted by Crippen LogP contribution is 2.47. The molecule has 1 rings (SSSR count). The zero-order chi connectivity index (χ0) is 8.20. The molecule has 0 unspecified atom stereocenters. The first kappa shape index (κ1) is 10.0. The standard InChI is InChI=1S/C8H16.C2H6/c1-4-8(3)5-7(2)6-8;1-2/h7H,4-6H2,1-3H3;1-2H3. The fourth-order valence-corrected chi connectivity index (χ4v) is 1.91. The fourth-order valence-electron chi connectivity index (χ4n) is 1.91. The van der Waals surface area contributed by atoms with E-state index in [1.54, 1.807) is 0 Å². The van der Waals surface area contributed by atoms with Gasteiger partial charge in [-0.1, -0.05) is 41.0 Å². The highest BCUT2D eigenvalue weighted by molar-refractivity contribution is 4.86. The molecule has 0 aliphatic heterocycles. The molecule has 0 radical (unpaired) electrons. The van der Waals surface area contributed by atoms with Crippen LogP contribution >= 0.6 is 0 Å². The summed E-state index contributed by atoms with van der Waals surface area (Å²) in [4.78, 5) is 0. The Balaban J connectivity index is 0.000000371. The van der Waals surface area contributed by atoms with E-state index < -0.39 is 0 Å². The summed E-state index contributed by atoms with van der Waals surface area (Å²) in [5.41, 5.74) is 0.736. The molecule has 1 aliphatic rings. The lowest BCUT2D eigenvalue weighted by Gasteiger charge is -2.43. The van der Waals surface area contributed by atoms with Gasteiger partial charge in [-0.25, -0.2) is 0 Å². The number of rotatable bonds is 1. The quantitative estimate of drug-likeness (QED) is 0.521. The second-order valence-electron chi connectivity index (χ2n) is 3.68. The summed E-state index contributed by atoms with van der Waals surface area (Å²) in [6, 6.07) is 0. The molecule has 10 heavy (non-hydrogen) atoms. The number of hydrogen-bond acceptors (Lipinski definition) is 0. The maximum absolute atomic E-state index is 2.40. The molecule has 0 bridgehead atoms. The minimum atomic E-state index is 0.736. The van der Waals surface area contributed by atoms with E-state index >= 15 is 0 Å². The van der Waals surface area contributed by atoms with Crippen LogP contribution in [0.5, 0.6) is 0 Å². The molecule has 0 nitrogen and oxygen atoms in total. The van der Waals surface area contributed by atoms with Crippen LogP contribution < -0.4 is 0 Å². The predicted octanol–water partition coefficient (Wildman–Crippen LogP) is 3.86. The van der Waals surface area contributed by atoms with Crippen molar-refractivity contribution in [2.75, 3.05) is 0 Å². The lowest BCUT2D eigenvalue weighted by atomic mass is 9.63. The van der Waals surface area contributed by atoms with Crippen LogP contribution in [0, 0.1) is 11.3 Å². The van der Waals surface area contributed by atoms with Crippen LogP contribution in [0.2, 0.25) is 0 Å². The first-order chi connectivity index (χ1) is 4.66. The predicted molar refractivity (Wildman–Crippen MR) is 48.1 cm³/mol. The van der Waals surface area contributed by atoms with Crippen LogP contribution in [0.25, 0.3) is 0 Å². The summed E-state index contributed by atoms with van der Waals surface area (Å²) < 4.78 is 0. The topological polar surface area (TPSA) is 0 Å². The van der Waals surface area contributed by atoms with Crippen molar-refractivity contribution in [1.29, 1.82) is 0 Å². The molecule has 1 aliphatic carbocycles. The third-order valence-electron chi connectivity index (χ3n) is 2.54. The van der Waals surface area contributed by atoms with Gasteiger partial charge in [0.05, 0.1) is 0 Å². The molecule has 0 saturated heterocycles. The third kappa shape index (κ3) is 2.32. The maximum atomic E-state index is 2.40. The fraction of sp³-hybridized carbons (Fsp3) is 1.00. The van der Waals surface area contributed by atoms with Gasteiger partial charge in [0.1, 0.15) is 0 Å². The molecule has 1 saturated carbocycles.